The van der Waals surface area contributed by atoms with Gasteiger partial charge in [-0.3, -0.25) is 9.78 Å². The van der Waals surface area contributed by atoms with Crippen molar-refractivity contribution < 1.29 is 9.18 Å². The highest BCUT2D eigenvalue weighted by molar-refractivity contribution is 5.92. The molecule has 1 aromatic rings. The molecule has 4 atom stereocenters. The second-order valence-corrected chi connectivity index (χ2v) is 10.6. The van der Waals surface area contributed by atoms with E-state index in [9.17, 15) is 9.18 Å². The van der Waals surface area contributed by atoms with Crippen molar-refractivity contribution >= 4 is 11.4 Å². The predicted octanol–water partition coefficient (Wildman–Crippen LogP) is 6.06. The molecule has 0 amide bonds. The Morgan fingerprint density at radius 2 is 1.93 bits per heavy atom. The summed E-state index contributed by atoms with van der Waals surface area (Å²) in [5.74, 6) is 1.26. The number of allylic oxidation sites excluding steroid dienone is 6. The van der Waals surface area contributed by atoms with Gasteiger partial charge < -0.3 is 0 Å². The molecule has 2 unspecified atom stereocenters. The molecule has 3 heteroatoms. The highest BCUT2D eigenvalue weighted by Crippen LogP contribution is 2.74. The summed E-state index contributed by atoms with van der Waals surface area (Å²) in [7, 11) is 0. The zero-order valence-electron chi connectivity index (χ0n) is 17.3. The summed E-state index contributed by atoms with van der Waals surface area (Å²) in [6.07, 6.45) is 17.4. The molecule has 5 aliphatic carbocycles. The van der Waals surface area contributed by atoms with E-state index in [1.807, 2.05) is 6.08 Å². The van der Waals surface area contributed by atoms with Crippen LogP contribution in [0.3, 0.4) is 0 Å². The molecule has 1 aromatic heterocycles. The van der Waals surface area contributed by atoms with E-state index in [2.05, 4.69) is 31.0 Å². The number of rotatable bonds is 1. The van der Waals surface area contributed by atoms with Crippen molar-refractivity contribution in [2.45, 2.75) is 58.8 Å². The lowest BCUT2D eigenvalue weighted by Crippen LogP contribution is -2.50. The number of carbonyl (C=O) groups excluding carboxylic acids is 1. The molecular weight excluding hydrogens is 361 g/mol. The highest BCUT2D eigenvalue weighted by Gasteiger charge is 2.64. The fraction of sp³-hybridized carbons (Fsp3) is 0.538. The first-order valence-corrected chi connectivity index (χ1v) is 11.2. The van der Waals surface area contributed by atoms with Crippen LogP contribution in [0.25, 0.3) is 5.57 Å². The van der Waals surface area contributed by atoms with Gasteiger partial charge in [-0.15, -0.1) is 0 Å². The Hall–Kier alpha value is -2.03. The molecule has 0 aliphatic heterocycles. The molecule has 3 fully saturated rings. The first-order valence-electron chi connectivity index (χ1n) is 11.2. The smallest absolute Gasteiger partial charge is 0.155 e. The second-order valence-electron chi connectivity index (χ2n) is 10.6. The number of hydrogen-bond acceptors (Lipinski definition) is 2. The number of hydrogen-bond donors (Lipinski definition) is 0. The maximum Gasteiger partial charge on any atom is 0.155 e. The van der Waals surface area contributed by atoms with Crippen molar-refractivity contribution in [3.05, 3.63) is 59.2 Å². The largest absolute Gasteiger partial charge is 0.295 e. The summed E-state index contributed by atoms with van der Waals surface area (Å²) in [6, 6.07) is 1.63. The van der Waals surface area contributed by atoms with E-state index in [1.165, 1.54) is 43.0 Å². The van der Waals surface area contributed by atoms with Crippen LogP contribution < -0.4 is 0 Å². The van der Waals surface area contributed by atoms with Gasteiger partial charge >= 0.3 is 0 Å². The van der Waals surface area contributed by atoms with E-state index in [4.69, 9.17) is 0 Å². The molecule has 0 bridgehead atoms. The van der Waals surface area contributed by atoms with E-state index in [1.54, 1.807) is 17.8 Å². The minimum absolute atomic E-state index is 0.0191. The number of carbonyl (C=O) groups is 1. The zero-order valence-corrected chi connectivity index (χ0v) is 17.3. The number of pyridine rings is 1. The van der Waals surface area contributed by atoms with Crippen molar-refractivity contribution in [3.63, 3.8) is 0 Å². The Kier molecular flexibility index (Phi) is 3.41. The van der Waals surface area contributed by atoms with E-state index in [0.717, 1.165) is 18.4 Å². The van der Waals surface area contributed by atoms with Crippen LogP contribution in [0, 0.1) is 33.9 Å². The second kappa shape index (κ2) is 5.56. The molecule has 1 heterocycles. The number of ketones is 1. The maximum atomic E-state index is 13.9. The van der Waals surface area contributed by atoms with Gasteiger partial charge in [0.25, 0.3) is 0 Å². The van der Waals surface area contributed by atoms with Crippen LogP contribution >= 0.6 is 0 Å². The molecule has 5 aliphatic rings. The van der Waals surface area contributed by atoms with E-state index < -0.39 is 0 Å². The van der Waals surface area contributed by atoms with Gasteiger partial charge in [-0.2, -0.15) is 0 Å². The lowest BCUT2D eigenvalue weighted by molar-refractivity contribution is -0.116. The maximum absolute atomic E-state index is 13.9. The molecule has 0 aromatic carbocycles. The SMILES string of the molecule is C[C@]12CCC3C(CC4(CC4)C4=CC(=O)CC[C@@]43C)C1=CC=C2c1cncc(F)c1. The summed E-state index contributed by atoms with van der Waals surface area (Å²) in [4.78, 5) is 16.4. The van der Waals surface area contributed by atoms with Gasteiger partial charge in [-0.25, -0.2) is 4.39 Å². The molecule has 150 valence electrons. The molecule has 3 saturated carbocycles. The van der Waals surface area contributed by atoms with Crippen LogP contribution in [0.5, 0.6) is 0 Å². The third-order valence-electron chi connectivity index (χ3n) is 9.18. The summed E-state index contributed by atoms with van der Waals surface area (Å²) in [5.41, 5.74) is 5.61. The Morgan fingerprint density at radius 1 is 1.10 bits per heavy atom. The van der Waals surface area contributed by atoms with Crippen molar-refractivity contribution in [1.82, 2.24) is 4.98 Å². The van der Waals surface area contributed by atoms with E-state index in [0.29, 0.717) is 24.0 Å². The monoisotopic (exact) mass is 389 g/mol. The molecule has 0 N–H and O–H groups in total. The van der Waals surface area contributed by atoms with Gasteiger partial charge in [0, 0.05) is 18.0 Å². The summed E-state index contributed by atoms with van der Waals surface area (Å²) < 4.78 is 13.9. The Morgan fingerprint density at radius 3 is 2.69 bits per heavy atom. The normalized spacial score (nSPS) is 39.1. The van der Waals surface area contributed by atoms with Crippen LogP contribution in [-0.4, -0.2) is 10.8 Å². The first kappa shape index (κ1) is 17.8. The lowest BCUT2D eigenvalue weighted by atomic mass is 9.45. The van der Waals surface area contributed by atoms with Crippen LogP contribution in [0.2, 0.25) is 0 Å². The minimum atomic E-state index is -0.266. The van der Waals surface area contributed by atoms with Crippen LogP contribution in [0.4, 0.5) is 4.39 Å². The summed E-state index contributed by atoms with van der Waals surface area (Å²) in [5, 5.41) is 0. The third-order valence-corrected chi connectivity index (χ3v) is 9.18. The van der Waals surface area contributed by atoms with Gasteiger partial charge in [0.15, 0.2) is 5.78 Å². The van der Waals surface area contributed by atoms with E-state index >= 15 is 0 Å². The first-order chi connectivity index (χ1) is 13.9. The number of nitrogens with zero attached hydrogens (tertiary/aromatic N) is 1. The molecule has 29 heavy (non-hydrogen) atoms. The third kappa shape index (κ3) is 2.28. The van der Waals surface area contributed by atoms with Crippen molar-refractivity contribution in [1.29, 1.82) is 0 Å². The average Bonchev–Trinajstić information content (AvgIpc) is 3.36. The Balaban J connectivity index is 1.40. The van der Waals surface area contributed by atoms with Crippen molar-refractivity contribution in [2.75, 3.05) is 0 Å². The lowest BCUT2D eigenvalue weighted by Gasteiger charge is -2.58. The summed E-state index contributed by atoms with van der Waals surface area (Å²) in [6.45, 7) is 4.81. The summed E-state index contributed by atoms with van der Waals surface area (Å²) >= 11 is 0. The van der Waals surface area contributed by atoms with Crippen molar-refractivity contribution in [2.24, 2.45) is 28.1 Å². The number of fused-ring (bicyclic) bond motifs is 6. The average molecular weight is 390 g/mol. The molecule has 2 nitrogen and oxygen atoms in total. The van der Waals surface area contributed by atoms with Crippen molar-refractivity contribution in [3.8, 4) is 0 Å². The van der Waals surface area contributed by atoms with Gasteiger partial charge in [0.1, 0.15) is 5.82 Å². The minimum Gasteiger partial charge on any atom is -0.295 e. The number of halogens is 1. The number of aromatic nitrogens is 1. The molecule has 1 spiro atoms. The van der Waals surface area contributed by atoms with Gasteiger partial charge in [-0.05, 0) is 84.5 Å². The van der Waals surface area contributed by atoms with Crippen LogP contribution in [0.15, 0.2) is 47.8 Å². The van der Waals surface area contributed by atoms with Crippen LogP contribution in [-0.2, 0) is 4.79 Å². The molecular formula is C26H28FNO. The topological polar surface area (TPSA) is 30.0 Å². The Labute approximate surface area is 172 Å². The van der Waals surface area contributed by atoms with Gasteiger partial charge in [0.05, 0.1) is 6.20 Å². The fourth-order valence-corrected chi connectivity index (χ4v) is 7.57. The molecule has 6 rings (SSSR count). The molecule has 0 saturated heterocycles. The van der Waals surface area contributed by atoms with Gasteiger partial charge in [0.2, 0.25) is 0 Å². The zero-order chi connectivity index (χ0) is 20.0. The quantitative estimate of drug-likeness (QED) is 0.585. The Bertz CT molecular complexity index is 1030. The fourth-order valence-electron chi connectivity index (χ4n) is 7.57. The highest BCUT2D eigenvalue weighted by atomic mass is 19.1. The van der Waals surface area contributed by atoms with Gasteiger partial charge in [-0.1, -0.05) is 37.1 Å². The predicted molar refractivity (Wildman–Crippen MR) is 111 cm³/mol. The van der Waals surface area contributed by atoms with Crippen LogP contribution in [0.1, 0.15) is 64.4 Å². The van der Waals surface area contributed by atoms with E-state index in [-0.39, 0.29) is 22.1 Å². The standard InChI is InChI=1S/C26H28FNO/c1-24-8-6-22-19(21(24)4-3-20(24)16-11-17(27)15-28-14-16)13-26(9-10-26)23-12-18(29)5-7-25(22,23)2/h3-4,11-12,14-15,19,22H,5-10,13H2,1-2H3/t19?,22?,24-,25-/m1/s1. The molecule has 0 radical (unpaired) electrons.